The van der Waals surface area contributed by atoms with E-state index in [1.165, 1.54) is 17.7 Å². The number of halogens is 1. The first kappa shape index (κ1) is 21.8. The summed E-state index contributed by atoms with van der Waals surface area (Å²) < 4.78 is 0. The number of hydrogen-bond donors (Lipinski definition) is 2. The Labute approximate surface area is 181 Å². The minimum atomic E-state index is -0.597. The fraction of sp³-hybridized carbons (Fsp3) is 0.455. The molecular formula is C22H28ClN3O2S. The van der Waals surface area contributed by atoms with Crippen LogP contribution in [0.3, 0.4) is 0 Å². The highest BCUT2D eigenvalue weighted by atomic mass is 35.5. The second kappa shape index (κ2) is 10.2. The summed E-state index contributed by atoms with van der Waals surface area (Å²) in [5.74, 6) is -0.453. The molecule has 7 heteroatoms. The van der Waals surface area contributed by atoms with Crippen molar-refractivity contribution in [3.8, 4) is 0 Å². The van der Waals surface area contributed by atoms with Gasteiger partial charge in [-0.3, -0.25) is 14.5 Å². The van der Waals surface area contributed by atoms with Gasteiger partial charge in [-0.05, 0) is 67.6 Å². The Morgan fingerprint density at radius 2 is 1.83 bits per heavy atom. The van der Waals surface area contributed by atoms with E-state index in [1.54, 1.807) is 35.6 Å². The SMILES string of the molecule is CC(C)[C@H](NC(=O)c1ccc(Cl)cc1)C(=O)NC[C@H](c1cccs1)N1CCCC1. The number of nitrogens with one attached hydrogen (secondary N) is 2. The summed E-state index contributed by atoms with van der Waals surface area (Å²) in [6.07, 6.45) is 2.39. The average molecular weight is 434 g/mol. The van der Waals surface area contributed by atoms with Crippen molar-refractivity contribution in [2.75, 3.05) is 19.6 Å². The van der Waals surface area contributed by atoms with Crippen LogP contribution < -0.4 is 10.6 Å². The third kappa shape index (κ3) is 5.81. The van der Waals surface area contributed by atoms with Crippen LogP contribution >= 0.6 is 22.9 Å². The second-order valence-corrected chi connectivity index (χ2v) is 9.14. The molecule has 0 unspecified atom stereocenters. The Bertz CT molecular complexity index is 802. The highest BCUT2D eigenvalue weighted by molar-refractivity contribution is 7.10. The molecule has 0 bridgehead atoms. The van der Waals surface area contributed by atoms with Crippen LogP contribution in [-0.4, -0.2) is 42.4 Å². The monoisotopic (exact) mass is 433 g/mol. The van der Waals surface area contributed by atoms with Crippen molar-refractivity contribution in [1.82, 2.24) is 15.5 Å². The van der Waals surface area contributed by atoms with Crippen molar-refractivity contribution >= 4 is 34.8 Å². The van der Waals surface area contributed by atoms with Gasteiger partial charge in [0.2, 0.25) is 5.91 Å². The third-order valence-electron chi connectivity index (χ3n) is 5.26. The maximum absolute atomic E-state index is 12.9. The lowest BCUT2D eigenvalue weighted by molar-refractivity contribution is -0.124. The van der Waals surface area contributed by atoms with Crippen LogP contribution in [-0.2, 0) is 4.79 Å². The maximum atomic E-state index is 12.9. The first-order valence-electron chi connectivity index (χ1n) is 10.1. The van der Waals surface area contributed by atoms with Gasteiger partial charge in [0, 0.05) is 22.0 Å². The minimum Gasteiger partial charge on any atom is -0.352 e. The molecule has 29 heavy (non-hydrogen) atoms. The standard InChI is InChI=1S/C22H28ClN3O2S/c1-15(2)20(25-21(27)16-7-9-17(23)10-8-16)22(28)24-14-18(19-6-5-13-29-19)26-11-3-4-12-26/h5-10,13,15,18,20H,3-4,11-12,14H2,1-2H3,(H,24,28)(H,25,27)/t18-,20+/m1/s1. The lowest BCUT2D eigenvalue weighted by Crippen LogP contribution is -2.51. The third-order valence-corrected chi connectivity index (χ3v) is 6.49. The summed E-state index contributed by atoms with van der Waals surface area (Å²) in [4.78, 5) is 29.2. The number of carbonyl (C=O) groups excluding carboxylic acids is 2. The van der Waals surface area contributed by atoms with Gasteiger partial charge in [0.1, 0.15) is 6.04 Å². The van der Waals surface area contributed by atoms with Crippen LogP contribution in [0.25, 0.3) is 0 Å². The van der Waals surface area contributed by atoms with Gasteiger partial charge >= 0.3 is 0 Å². The quantitative estimate of drug-likeness (QED) is 0.658. The Kier molecular flexibility index (Phi) is 7.70. The average Bonchev–Trinajstić information content (AvgIpc) is 3.41. The molecule has 0 saturated carbocycles. The van der Waals surface area contributed by atoms with E-state index < -0.39 is 6.04 Å². The van der Waals surface area contributed by atoms with Gasteiger partial charge in [-0.1, -0.05) is 31.5 Å². The van der Waals surface area contributed by atoms with Gasteiger partial charge in [0.15, 0.2) is 0 Å². The van der Waals surface area contributed by atoms with Crippen LogP contribution in [0.5, 0.6) is 0 Å². The molecule has 1 aliphatic rings. The number of amides is 2. The summed E-state index contributed by atoms with van der Waals surface area (Å²) in [6.45, 7) is 6.52. The van der Waals surface area contributed by atoms with E-state index >= 15 is 0 Å². The predicted octanol–water partition coefficient (Wildman–Crippen LogP) is 4.11. The first-order valence-corrected chi connectivity index (χ1v) is 11.3. The van der Waals surface area contributed by atoms with Crippen molar-refractivity contribution in [3.05, 3.63) is 57.2 Å². The van der Waals surface area contributed by atoms with Crippen molar-refractivity contribution < 1.29 is 9.59 Å². The van der Waals surface area contributed by atoms with E-state index in [0.717, 1.165) is 13.1 Å². The molecule has 2 aromatic rings. The summed E-state index contributed by atoms with van der Waals surface area (Å²) in [7, 11) is 0. The molecule has 3 rings (SSSR count). The van der Waals surface area contributed by atoms with Gasteiger partial charge in [-0.2, -0.15) is 0 Å². The van der Waals surface area contributed by atoms with Crippen LogP contribution in [0.4, 0.5) is 0 Å². The molecule has 0 aliphatic carbocycles. The fourth-order valence-electron chi connectivity index (χ4n) is 3.61. The summed E-state index contributed by atoms with van der Waals surface area (Å²) >= 11 is 7.61. The summed E-state index contributed by atoms with van der Waals surface area (Å²) in [5, 5.41) is 8.60. The molecule has 2 atom stereocenters. The lowest BCUT2D eigenvalue weighted by Gasteiger charge is -2.28. The number of rotatable bonds is 8. The number of thiophene rings is 1. The lowest BCUT2D eigenvalue weighted by atomic mass is 10.0. The Morgan fingerprint density at radius 3 is 2.41 bits per heavy atom. The zero-order valence-electron chi connectivity index (χ0n) is 16.9. The highest BCUT2D eigenvalue weighted by Crippen LogP contribution is 2.27. The Hall–Kier alpha value is -1.89. The summed E-state index contributed by atoms with van der Waals surface area (Å²) in [5.41, 5.74) is 0.487. The largest absolute Gasteiger partial charge is 0.352 e. The molecule has 5 nitrogen and oxygen atoms in total. The van der Waals surface area contributed by atoms with E-state index in [-0.39, 0.29) is 23.8 Å². The Balaban J connectivity index is 1.63. The van der Waals surface area contributed by atoms with E-state index in [1.807, 2.05) is 19.9 Å². The van der Waals surface area contributed by atoms with Crippen LogP contribution in [0, 0.1) is 5.92 Å². The second-order valence-electron chi connectivity index (χ2n) is 7.72. The van der Waals surface area contributed by atoms with Gasteiger partial charge in [0.25, 0.3) is 5.91 Å². The minimum absolute atomic E-state index is 0.0294. The van der Waals surface area contributed by atoms with Crippen molar-refractivity contribution in [1.29, 1.82) is 0 Å². The molecule has 2 heterocycles. The number of nitrogens with zero attached hydrogens (tertiary/aromatic N) is 1. The molecule has 1 aromatic carbocycles. The van der Waals surface area contributed by atoms with Crippen molar-refractivity contribution in [2.45, 2.75) is 38.8 Å². The first-order chi connectivity index (χ1) is 14.0. The van der Waals surface area contributed by atoms with E-state index in [9.17, 15) is 9.59 Å². The van der Waals surface area contributed by atoms with E-state index in [2.05, 4.69) is 27.0 Å². The maximum Gasteiger partial charge on any atom is 0.251 e. The molecule has 1 fully saturated rings. The molecule has 1 saturated heterocycles. The summed E-state index contributed by atoms with van der Waals surface area (Å²) in [6, 6.07) is 10.4. The zero-order valence-corrected chi connectivity index (χ0v) is 18.4. The predicted molar refractivity (Wildman–Crippen MR) is 118 cm³/mol. The smallest absolute Gasteiger partial charge is 0.251 e. The molecule has 0 spiro atoms. The number of benzene rings is 1. The van der Waals surface area contributed by atoms with Crippen LogP contribution in [0.1, 0.15) is 48.0 Å². The molecule has 2 amide bonds. The number of likely N-dealkylation sites (tertiary alicyclic amines) is 1. The van der Waals surface area contributed by atoms with Crippen molar-refractivity contribution in [3.63, 3.8) is 0 Å². The Morgan fingerprint density at radius 1 is 1.14 bits per heavy atom. The van der Waals surface area contributed by atoms with E-state index in [0.29, 0.717) is 17.1 Å². The highest BCUT2D eigenvalue weighted by Gasteiger charge is 2.28. The zero-order chi connectivity index (χ0) is 20.8. The van der Waals surface area contributed by atoms with Crippen LogP contribution in [0.2, 0.25) is 5.02 Å². The van der Waals surface area contributed by atoms with Gasteiger partial charge in [0.05, 0.1) is 6.04 Å². The molecular weight excluding hydrogens is 406 g/mol. The molecule has 156 valence electrons. The molecule has 1 aromatic heterocycles. The van der Waals surface area contributed by atoms with Gasteiger partial charge < -0.3 is 10.6 Å². The van der Waals surface area contributed by atoms with E-state index in [4.69, 9.17) is 11.6 Å². The molecule has 0 radical (unpaired) electrons. The molecule has 1 aliphatic heterocycles. The topological polar surface area (TPSA) is 61.4 Å². The normalized spacial score (nSPS) is 16.6. The van der Waals surface area contributed by atoms with Crippen molar-refractivity contribution in [2.24, 2.45) is 5.92 Å². The fourth-order valence-corrected chi connectivity index (χ4v) is 4.60. The molecule has 2 N–H and O–H groups in total. The van der Waals surface area contributed by atoms with Gasteiger partial charge in [-0.15, -0.1) is 11.3 Å². The number of carbonyl (C=O) groups is 2. The van der Waals surface area contributed by atoms with Gasteiger partial charge in [-0.25, -0.2) is 0 Å². The number of hydrogen-bond acceptors (Lipinski definition) is 4. The van der Waals surface area contributed by atoms with Crippen LogP contribution in [0.15, 0.2) is 41.8 Å².